The number of benzene rings is 1. The van der Waals surface area contributed by atoms with E-state index in [1.54, 1.807) is 4.90 Å². The molecule has 1 atom stereocenters. The third-order valence-electron chi connectivity index (χ3n) is 4.09. The number of carbonyl (C=O) groups is 2. The molecule has 1 fully saturated rings. The highest BCUT2D eigenvalue weighted by Gasteiger charge is 2.36. The lowest BCUT2D eigenvalue weighted by Gasteiger charge is -2.16. The van der Waals surface area contributed by atoms with Crippen LogP contribution in [0, 0.1) is 12.8 Å². The number of amides is 2. The summed E-state index contributed by atoms with van der Waals surface area (Å²) in [5.74, 6) is -1.25. The monoisotopic (exact) mass is 383 g/mol. The molecule has 1 saturated heterocycles. The van der Waals surface area contributed by atoms with Crippen molar-refractivity contribution in [2.75, 3.05) is 11.9 Å². The van der Waals surface area contributed by atoms with Crippen LogP contribution in [-0.4, -0.2) is 28.2 Å². The first kappa shape index (κ1) is 18.4. The normalized spacial score (nSPS) is 17.6. The van der Waals surface area contributed by atoms with Gasteiger partial charge in [0.05, 0.1) is 12.1 Å². The summed E-state index contributed by atoms with van der Waals surface area (Å²) in [6, 6.07) is 7.73. The zero-order valence-corrected chi connectivity index (χ0v) is 14.7. The predicted octanol–water partition coefficient (Wildman–Crippen LogP) is 3.46. The van der Waals surface area contributed by atoms with Crippen molar-refractivity contribution in [2.45, 2.75) is 26.1 Å². The van der Waals surface area contributed by atoms with Crippen LogP contribution in [0.4, 0.5) is 18.3 Å². The van der Waals surface area contributed by atoms with Crippen LogP contribution in [0.15, 0.2) is 30.5 Å². The van der Waals surface area contributed by atoms with E-state index in [0.717, 1.165) is 11.1 Å². The Kier molecular flexibility index (Phi) is 4.99. The molecule has 0 radical (unpaired) electrons. The largest absolute Gasteiger partial charge is 0.427 e. The van der Waals surface area contributed by atoms with E-state index < -0.39 is 22.9 Å². The summed E-state index contributed by atoms with van der Waals surface area (Å²) < 4.78 is 37.7. The maximum atomic E-state index is 12.6. The Balaban J connectivity index is 1.60. The third-order valence-corrected chi connectivity index (χ3v) is 5.05. The molecular weight excluding hydrogens is 367 g/mol. The van der Waals surface area contributed by atoms with E-state index in [-0.39, 0.29) is 24.0 Å². The van der Waals surface area contributed by atoms with Crippen molar-refractivity contribution in [2.24, 2.45) is 5.92 Å². The van der Waals surface area contributed by atoms with Gasteiger partial charge in [0.2, 0.25) is 11.8 Å². The third kappa shape index (κ3) is 4.21. The summed E-state index contributed by atoms with van der Waals surface area (Å²) in [6.45, 7) is 2.60. The minimum Gasteiger partial charge on any atom is -0.338 e. The van der Waals surface area contributed by atoms with Gasteiger partial charge in [-0.3, -0.25) is 9.59 Å². The number of hydrogen-bond donors (Lipinski definition) is 1. The lowest BCUT2D eigenvalue weighted by Crippen LogP contribution is -2.28. The summed E-state index contributed by atoms with van der Waals surface area (Å²) in [5.41, 5.74) is 2.07. The fraction of sp³-hybridized carbons (Fsp3) is 0.353. The van der Waals surface area contributed by atoms with Crippen LogP contribution in [0.3, 0.4) is 0 Å². The fourth-order valence-corrected chi connectivity index (χ4v) is 3.37. The van der Waals surface area contributed by atoms with Gasteiger partial charge in [-0.1, -0.05) is 41.2 Å². The molecule has 2 amide bonds. The van der Waals surface area contributed by atoms with Crippen LogP contribution in [-0.2, 0) is 22.3 Å². The second-order valence-corrected chi connectivity index (χ2v) is 7.21. The van der Waals surface area contributed by atoms with Crippen molar-refractivity contribution in [1.29, 1.82) is 0 Å². The highest BCUT2D eigenvalue weighted by molar-refractivity contribution is 7.15. The number of thiazole rings is 1. The maximum Gasteiger partial charge on any atom is 0.427 e. The topological polar surface area (TPSA) is 62.3 Å². The molecule has 2 aromatic rings. The average molecular weight is 383 g/mol. The van der Waals surface area contributed by atoms with Crippen LogP contribution in [0.1, 0.15) is 22.4 Å². The average Bonchev–Trinajstić information content (AvgIpc) is 3.17. The minimum absolute atomic E-state index is 0.0369. The van der Waals surface area contributed by atoms with E-state index in [1.165, 1.54) is 0 Å². The number of hydrogen-bond acceptors (Lipinski definition) is 4. The van der Waals surface area contributed by atoms with E-state index in [1.807, 2.05) is 31.2 Å². The van der Waals surface area contributed by atoms with Crippen LogP contribution in [0.2, 0.25) is 0 Å². The Hall–Kier alpha value is -2.42. The van der Waals surface area contributed by atoms with Gasteiger partial charge in [-0.05, 0) is 12.5 Å². The quantitative estimate of drug-likeness (QED) is 0.880. The lowest BCUT2D eigenvalue weighted by molar-refractivity contribution is -0.134. The second kappa shape index (κ2) is 7.06. The molecule has 0 saturated carbocycles. The number of aryl methyl sites for hydroxylation is 1. The van der Waals surface area contributed by atoms with Crippen molar-refractivity contribution in [3.05, 3.63) is 46.5 Å². The molecule has 26 heavy (non-hydrogen) atoms. The Bertz CT molecular complexity index is 817. The van der Waals surface area contributed by atoms with Crippen LogP contribution in [0.5, 0.6) is 0 Å². The number of alkyl halides is 3. The summed E-state index contributed by atoms with van der Waals surface area (Å²) in [7, 11) is 0. The number of nitrogens with one attached hydrogen (secondary N) is 1. The Morgan fingerprint density at radius 1 is 1.35 bits per heavy atom. The smallest absolute Gasteiger partial charge is 0.338 e. The molecule has 3 rings (SSSR count). The van der Waals surface area contributed by atoms with Gasteiger partial charge in [0.25, 0.3) is 0 Å². The summed E-state index contributed by atoms with van der Waals surface area (Å²) >= 11 is 0.366. The summed E-state index contributed by atoms with van der Waals surface area (Å²) in [4.78, 5) is 28.7. The van der Waals surface area contributed by atoms with Crippen molar-refractivity contribution >= 4 is 28.3 Å². The van der Waals surface area contributed by atoms with Crippen LogP contribution in [0.25, 0.3) is 0 Å². The van der Waals surface area contributed by atoms with Gasteiger partial charge >= 0.3 is 6.18 Å². The highest BCUT2D eigenvalue weighted by Crippen LogP contribution is 2.35. The summed E-state index contributed by atoms with van der Waals surface area (Å²) in [5, 5.41) is 2.26. The van der Waals surface area contributed by atoms with Gasteiger partial charge < -0.3 is 10.2 Å². The predicted molar refractivity (Wildman–Crippen MR) is 90.4 cm³/mol. The fourth-order valence-electron chi connectivity index (χ4n) is 2.68. The number of nitrogens with zero attached hydrogens (tertiary/aromatic N) is 2. The standard InChI is InChI=1S/C17H16F3N3O2S/c1-10-2-4-11(5-3-10)8-23-9-12(6-14(23)24)15(25)22-16-21-7-13(26-16)17(18,19)20/h2-5,7,12H,6,8-9H2,1H3,(H,21,22,25). The molecule has 5 nitrogen and oxygen atoms in total. The molecule has 138 valence electrons. The van der Waals surface area contributed by atoms with Gasteiger partial charge in [-0.2, -0.15) is 13.2 Å². The number of carbonyl (C=O) groups excluding carboxylic acids is 2. The van der Waals surface area contributed by atoms with E-state index >= 15 is 0 Å². The van der Waals surface area contributed by atoms with E-state index in [4.69, 9.17) is 0 Å². The van der Waals surface area contributed by atoms with Crippen LogP contribution < -0.4 is 5.32 Å². The number of rotatable bonds is 4. The molecule has 1 aliphatic heterocycles. The van der Waals surface area contributed by atoms with Gasteiger partial charge in [-0.25, -0.2) is 4.98 Å². The number of aromatic nitrogens is 1. The summed E-state index contributed by atoms with van der Waals surface area (Å²) in [6.07, 6.45) is -3.77. The van der Waals surface area contributed by atoms with Crippen molar-refractivity contribution < 1.29 is 22.8 Å². The van der Waals surface area contributed by atoms with Gasteiger partial charge in [-0.15, -0.1) is 0 Å². The Morgan fingerprint density at radius 2 is 2.04 bits per heavy atom. The zero-order chi connectivity index (χ0) is 18.9. The van der Waals surface area contributed by atoms with Crippen LogP contribution >= 0.6 is 11.3 Å². The van der Waals surface area contributed by atoms with Crippen molar-refractivity contribution in [3.8, 4) is 0 Å². The number of anilines is 1. The first-order chi connectivity index (χ1) is 12.2. The molecular formula is C17H16F3N3O2S. The molecule has 1 aliphatic rings. The molecule has 0 aliphatic carbocycles. The van der Waals surface area contributed by atoms with Crippen molar-refractivity contribution in [3.63, 3.8) is 0 Å². The Morgan fingerprint density at radius 3 is 2.65 bits per heavy atom. The Labute approximate surface area is 151 Å². The minimum atomic E-state index is -4.49. The van der Waals surface area contributed by atoms with E-state index in [9.17, 15) is 22.8 Å². The first-order valence-corrected chi connectivity index (χ1v) is 8.71. The molecule has 2 heterocycles. The van der Waals surface area contributed by atoms with Gasteiger partial charge in [0.15, 0.2) is 5.13 Å². The van der Waals surface area contributed by atoms with Gasteiger partial charge in [0, 0.05) is 19.5 Å². The molecule has 9 heteroatoms. The van der Waals surface area contributed by atoms with Crippen molar-refractivity contribution in [1.82, 2.24) is 9.88 Å². The highest BCUT2D eigenvalue weighted by atomic mass is 32.1. The zero-order valence-electron chi connectivity index (χ0n) is 13.8. The molecule has 1 aromatic heterocycles. The lowest BCUT2D eigenvalue weighted by atomic mass is 10.1. The molecule has 0 spiro atoms. The maximum absolute atomic E-state index is 12.6. The molecule has 1 aromatic carbocycles. The SMILES string of the molecule is Cc1ccc(CN2CC(C(=O)Nc3ncc(C(F)(F)F)s3)CC2=O)cc1. The second-order valence-electron chi connectivity index (χ2n) is 6.18. The molecule has 1 unspecified atom stereocenters. The molecule has 0 bridgehead atoms. The van der Waals surface area contributed by atoms with E-state index in [0.29, 0.717) is 24.1 Å². The number of halogens is 3. The number of likely N-dealkylation sites (tertiary alicyclic amines) is 1. The van der Waals surface area contributed by atoms with E-state index in [2.05, 4.69) is 10.3 Å². The first-order valence-electron chi connectivity index (χ1n) is 7.89. The molecule has 1 N–H and O–H groups in total. The van der Waals surface area contributed by atoms with Gasteiger partial charge in [0.1, 0.15) is 4.88 Å².